The minimum Gasteiger partial charge on any atom is -0.295 e. The van der Waals surface area contributed by atoms with Crippen molar-refractivity contribution >= 4 is 51.8 Å². The Labute approximate surface area is 162 Å². The lowest BCUT2D eigenvalue weighted by molar-refractivity contribution is -0.137. The van der Waals surface area contributed by atoms with Crippen molar-refractivity contribution < 1.29 is 22.8 Å². The average molecular weight is 407 g/mol. The van der Waals surface area contributed by atoms with Gasteiger partial charge in [0.1, 0.15) is 0 Å². The molecule has 0 spiro atoms. The Morgan fingerprint density at radius 3 is 2.19 bits per heavy atom. The van der Waals surface area contributed by atoms with Crippen LogP contribution in [0.15, 0.2) is 53.4 Å². The number of carbonyl (C=O) groups excluding carboxylic acids is 2. The Balaban J connectivity index is 1.85. The zero-order valence-electron chi connectivity index (χ0n) is 13.9. The third-order valence-electron chi connectivity index (χ3n) is 3.86. The van der Waals surface area contributed by atoms with Crippen LogP contribution in [0.25, 0.3) is 6.08 Å². The second kappa shape index (κ2) is 7.28. The van der Waals surface area contributed by atoms with Gasteiger partial charge in [-0.3, -0.25) is 14.5 Å². The zero-order chi connectivity index (χ0) is 19.8. The molecule has 2 aromatic rings. The lowest BCUT2D eigenvalue weighted by Gasteiger charge is -2.15. The first kappa shape index (κ1) is 19.3. The number of thioether (sulfide) groups is 1. The Hall–Kier alpha value is -2.45. The van der Waals surface area contributed by atoms with E-state index in [1.807, 2.05) is 0 Å². The second-order valence-electron chi connectivity index (χ2n) is 5.74. The van der Waals surface area contributed by atoms with E-state index in [0.29, 0.717) is 16.0 Å². The van der Waals surface area contributed by atoms with Gasteiger partial charge in [0.05, 0.1) is 16.2 Å². The number of benzene rings is 2. The van der Waals surface area contributed by atoms with Crippen molar-refractivity contribution in [3.63, 3.8) is 0 Å². The number of amides is 1. The van der Waals surface area contributed by atoms with Gasteiger partial charge in [0.15, 0.2) is 10.1 Å². The number of hydrogen-bond donors (Lipinski definition) is 0. The maximum Gasteiger partial charge on any atom is 0.416 e. The van der Waals surface area contributed by atoms with E-state index in [4.69, 9.17) is 12.2 Å². The monoisotopic (exact) mass is 407 g/mol. The van der Waals surface area contributed by atoms with Crippen LogP contribution in [-0.2, 0) is 11.0 Å². The van der Waals surface area contributed by atoms with Gasteiger partial charge >= 0.3 is 6.18 Å². The van der Waals surface area contributed by atoms with E-state index in [9.17, 15) is 22.8 Å². The Morgan fingerprint density at radius 2 is 1.67 bits per heavy atom. The number of halogens is 3. The van der Waals surface area contributed by atoms with Gasteiger partial charge in [-0.1, -0.05) is 48.2 Å². The molecule has 2 aromatic carbocycles. The number of rotatable bonds is 3. The van der Waals surface area contributed by atoms with Crippen molar-refractivity contribution in [3.05, 3.63) is 70.1 Å². The highest BCUT2D eigenvalue weighted by atomic mass is 32.2. The minimum absolute atomic E-state index is 0.0600. The van der Waals surface area contributed by atoms with E-state index in [-0.39, 0.29) is 15.8 Å². The predicted molar refractivity (Wildman–Crippen MR) is 104 cm³/mol. The number of hydrogen-bond acceptors (Lipinski definition) is 4. The molecular formula is C19H12F3NO2S2. The maximum absolute atomic E-state index is 12.7. The smallest absolute Gasteiger partial charge is 0.295 e. The third-order valence-corrected chi connectivity index (χ3v) is 5.16. The number of carbonyl (C=O) groups is 2. The van der Waals surface area contributed by atoms with E-state index in [0.717, 1.165) is 23.9 Å². The number of nitrogens with zero attached hydrogens (tertiary/aromatic N) is 1. The molecule has 0 aliphatic carbocycles. The molecule has 1 heterocycles. The highest BCUT2D eigenvalue weighted by Crippen LogP contribution is 2.37. The Morgan fingerprint density at radius 1 is 1.07 bits per heavy atom. The van der Waals surface area contributed by atoms with Gasteiger partial charge in [0.2, 0.25) is 0 Å². The summed E-state index contributed by atoms with van der Waals surface area (Å²) in [6.45, 7) is 1.46. The summed E-state index contributed by atoms with van der Waals surface area (Å²) in [7, 11) is 0. The van der Waals surface area contributed by atoms with Crippen LogP contribution >= 0.6 is 24.0 Å². The van der Waals surface area contributed by atoms with Gasteiger partial charge in [-0.05, 0) is 42.8 Å². The molecule has 0 bridgehead atoms. The van der Waals surface area contributed by atoms with Crippen molar-refractivity contribution in [1.29, 1.82) is 0 Å². The molecule has 0 unspecified atom stereocenters. The van der Waals surface area contributed by atoms with Crippen molar-refractivity contribution in [2.75, 3.05) is 4.90 Å². The molecule has 3 nitrogen and oxygen atoms in total. The molecule has 0 atom stereocenters. The van der Waals surface area contributed by atoms with Gasteiger partial charge in [-0.2, -0.15) is 13.2 Å². The van der Waals surface area contributed by atoms with E-state index in [1.165, 1.54) is 24.0 Å². The summed E-state index contributed by atoms with van der Waals surface area (Å²) >= 11 is 6.29. The normalized spacial score (nSPS) is 16.3. The first-order valence-corrected chi connectivity index (χ1v) is 8.95. The quantitative estimate of drug-likeness (QED) is 0.392. The first-order valence-electron chi connectivity index (χ1n) is 7.73. The molecule has 138 valence electrons. The van der Waals surface area contributed by atoms with E-state index in [1.54, 1.807) is 30.3 Å². The van der Waals surface area contributed by atoms with Gasteiger partial charge < -0.3 is 0 Å². The number of ketones is 1. The van der Waals surface area contributed by atoms with E-state index in [2.05, 4.69) is 0 Å². The maximum atomic E-state index is 12.7. The lowest BCUT2D eigenvalue weighted by atomic mass is 10.1. The lowest BCUT2D eigenvalue weighted by Crippen LogP contribution is -2.27. The van der Waals surface area contributed by atoms with Crippen LogP contribution in [0.4, 0.5) is 18.9 Å². The van der Waals surface area contributed by atoms with Crippen LogP contribution < -0.4 is 4.90 Å². The minimum atomic E-state index is -4.44. The molecule has 1 saturated heterocycles. The number of anilines is 1. The fraction of sp³-hybridized carbons (Fsp3) is 0.105. The number of thiocarbonyl (C=S) groups is 1. The summed E-state index contributed by atoms with van der Waals surface area (Å²) < 4.78 is 38.3. The van der Waals surface area contributed by atoms with Crippen LogP contribution in [-0.4, -0.2) is 16.0 Å². The fourth-order valence-electron chi connectivity index (χ4n) is 2.46. The molecule has 0 radical (unpaired) electrons. The third kappa shape index (κ3) is 4.12. The molecule has 0 saturated carbocycles. The van der Waals surface area contributed by atoms with E-state index < -0.39 is 17.6 Å². The summed E-state index contributed by atoms with van der Waals surface area (Å²) in [5, 5.41) is 0. The molecule has 0 aromatic heterocycles. The van der Waals surface area contributed by atoms with Crippen LogP contribution in [0, 0.1) is 0 Å². The summed E-state index contributed by atoms with van der Waals surface area (Å²) in [6.07, 6.45) is -2.81. The van der Waals surface area contributed by atoms with Gasteiger partial charge in [-0.25, -0.2) is 0 Å². The van der Waals surface area contributed by atoms with Gasteiger partial charge in [0.25, 0.3) is 5.91 Å². The molecule has 8 heteroatoms. The molecule has 1 fully saturated rings. The standard InChI is InChI=1S/C19H12F3NO2S2/c1-11(24)13-4-2-12(3-5-13)10-16-17(25)23(18(26)27-16)15-8-6-14(7-9-15)19(20,21)22/h2-10H,1H3/b16-10-. The van der Waals surface area contributed by atoms with Gasteiger partial charge in [0, 0.05) is 5.56 Å². The molecule has 1 aliphatic rings. The largest absolute Gasteiger partial charge is 0.416 e. The summed E-state index contributed by atoms with van der Waals surface area (Å²) in [4.78, 5) is 25.5. The van der Waals surface area contributed by atoms with Crippen LogP contribution in [0.5, 0.6) is 0 Å². The average Bonchev–Trinajstić information content (AvgIpc) is 2.88. The Bertz CT molecular complexity index is 948. The summed E-state index contributed by atoms with van der Waals surface area (Å²) in [6, 6.07) is 11.0. The summed E-state index contributed by atoms with van der Waals surface area (Å²) in [5.74, 6) is -0.462. The topological polar surface area (TPSA) is 37.4 Å². The SMILES string of the molecule is CC(=O)c1ccc(/C=C2\SC(=S)N(c3ccc(C(F)(F)F)cc3)C2=O)cc1. The molecule has 1 amide bonds. The van der Waals surface area contributed by atoms with Gasteiger partial charge in [-0.15, -0.1) is 0 Å². The second-order valence-corrected chi connectivity index (χ2v) is 7.42. The van der Waals surface area contributed by atoms with Crippen molar-refractivity contribution in [2.45, 2.75) is 13.1 Å². The molecule has 0 N–H and O–H groups in total. The number of Topliss-reactive ketones (excluding diaryl/α,β-unsaturated/α-hetero) is 1. The van der Waals surface area contributed by atoms with E-state index >= 15 is 0 Å². The Kier molecular flexibility index (Phi) is 5.21. The van der Waals surface area contributed by atoms with Crippen LogP contribution in [0.3, 0.4) is 0 Å². The van der Waals surface area contributed by atoms with Crippen molar-refractivity contribution in [1.82, 2.24) is 0 Å². The van der Waals surface area contributed by atoms with Crippen molar-refractivity contribution in [3.8, 4) is 0 Å². The summed E-state index contributed by atoms with van der Waals surface area (Å²) in [5.41, 5.74) is 0.760. The van der Waals surface area contributed by atoms with Crippen LogP contribution in [0.1, 0.15) is 28.4 Å². The molecule has 1 aliphatic heterocycles. The molecule has 3 rings (SSSR count). The fourth-order valence-corrected chi connectivity index (χ4v) is 3.75. The molecular weight excluding hydrogens is 395 g/mol. The predicted octanol–water partition coefficient (Wildman–Crippen LogP) is 5.31. The first-order chi connectivity index (χ1) is 12.7. The highest BCUT2D eigenvalue weighted by Gasteiger charge is 2.34. The zero-order valence-corrected chi connectivity index (χ0v) is 15.5. The van der Waals surface area contributed by atoms with Crippen molar-refractivity contribution in [2.24, 2.45) is 0 Å². The van der Waals surface area contributed by atoms with Crippen LogP contribution in [0.2, 0.25) is 0 Å². The highest BCUT2D eigenvalue weighted by molar-refractivity contribution is 8.27. The molecule has 27 heavy (non-hydrogen) atoms. The number of alkyl halides is 3.